The van der Waals surface area contributed by atoms with Gasteiger partial charge < -0.3 is 10.3 Å². The molecule has 3 atom stereocenters. The van der Waals surface area contributed by atoms with E-state index in [4.69, 9.17) is 0 Å². The highest BCUT2D eigenvalue weighted by Gasteiger charge is 2.48. The predicted octanol–water partition coefficient (Wildman–Crippen LogP) is 2.43. The number of amides is 3. The van der Waals surface area contributed by atoms with Crippen molar-refractivity contribution in [3.05, 3.63) is 47.3 Å². The number of carbonyl (C=O) groups is 2. The van der Waals surface area contributed by atoms with Crippen molar-refractivity contribution in [1.82, 2.24) is 31.1 Å². The molecule has 3 fully saturated rings. The van der Waals surface area contributed by atoms with Crippen LogP contribution in [-0.4, -0.2) is 51.7 Å². The molecule has 3 aliphatic heterocycles. The molecule has 4 aliphatic rings. The molecule has 8 heteroatoms. The third-order valence-electron chi connectivity index (χ3n) is 7.14. The molecule has 1 aliphatic carbocycles. The van der Waals surface area contributed by atoms with Crippen LogP contribution >= 0.6 is 0 Å². The molecule has 0 radical (unpaired) electrons. The number of fused-ring (bicyclic) bond motifs is 3. The van der Waals surface area contributed by atoms with Crippen molar-refractivity contribution in [3.8, 4) is 0 Å². The minimum atomic E-state index is -0.191. The summed E-state index contributed by atoms with van der Waals surface area (Å²) >= 11 is 0. The molecule has 3 amide bonds. The lowest BCUT2D eigenvalue weighted by molar-refractivity contribution is -0.123. The number of aryl methyl sites for hydroxylation is 2. The minimum absolute atomic E-state index is 0.0386. The quantitative estimate of drug-likeness (QED) is 0.692. The molecular weight excluding hydrogens is 392 g/mol. The second-order valence-corrected chi connectivity index (χ2v) is 9.29. The SMILES string of the molecule is Cc1ccc(C2CC3C4NN(CC(=O)NC5CCCCC5)C(=O)N4C=CN3N2)cc1C. The molecule has 0 aromatic heterocycles. The third-order valence-corrected chi connectivity index (χ3v) is 7.14. The Morgan fingerprint density at radius 1 is 1.10 bits per heavy atom. The zero-order valence-corrected chi connectivity index (χ0v) is 18.3. The standard InChI is InChI=1S/C23H32N6O2/c1-15-8-9-17(12-16(15)2)19-13-20-22-26-29(23(31)27(22)10-11-28(20)25-19)14-21(30)24-18-6-4-3-5-7-18/h8-12,18-20,22,25-26H,3-7,13-14H2,1-2H3,(H,24,30). The first-order chi connectivity index (χ1) is 15.0. The van der Waals surface area contributed by atoms with Gasteiger partial charge in [-0.2, -0.15) is 0 Å². The number of carbonyl (C=O) groups excluding carboxylic acids is 2. The largest absolute Gasteiger partial charge is 0.352 e. The van der Waals surface area contributed by atoms with Gasteiger partial charge in [-0.3, -0.25) is 9.69 Å². The van der Waals surface area contributed by atoms with E-state index in [0.29, 0.717) is 0 Å². The van der Waals surface area contributed by atoms with Crippen LogP contribution in [0.3, 0.4) is 0 Å². The Hall–Kier alpha value is -2.58. The maximum atomic E-state index is 12.9. The van der Waals surface area contributed by atoms with Crippen LogP contribution in [0.5, 0.6) is 0 Å². The van der Waals surface area contributed by atoms with Gasteiger partial charge in [0.15, 0.2) is 0 Å². The number of hydrogen-bond acceptors (Lipinski definition) is 5. The Bertz CT molecular complexity index is 896. The van der Waals surface area contributed by atoms with E-state index in [0.717, 1.165) is 19.3 Å². The minimum Gasteiger partial charge on any atom is -0.352 e. The topological polar surface area (TPSA) is 80.0 Å². The Morgan fingerprint density at radius 2 is 1.90 bits per heavy atom. The van der Waals surface area contributed by atoms with E-state index in [1.807, 2.05) is 6.20 Å². The fourth-order valence-electron chi connectivity index (χ4n) is 5.19. The molecule has 8 nitrogen and oxygen atoms in total. The first kappa shape index (κ1) is 20.3. The third kappa shape index (κ3) is 3.90. The van der Waals surface area contributed by atoms with Crippen LogP contribution in [0.2, 0.25) is 0 Å². The van der Waals surface area contributed by atoms with Gasteiger partial charge in [-0.25, -0.2) is 20.7 Å². The van der Waals surface area contributed by atoms with Gasteiger partial charge in [0.25, 0.3) is 0 Å². The van der Waals surface area contributed by atoms with Gasteiger partial charge in [0, 0.05) is 18.4 Å². The van der Waals surface area contributed by atoms with Crippen LogP contribution < -0.4 is 16.2 Å². The highest BCUT2D eigenvalue weighted by Crippen LogP contribution is 2.35. The first-order valence-electron chi connectivity index (χ1n) is 11.4. The van der Waals surface area contributed by atoms with Gasteiger partial charge in [0.2, 0.25) is 5.91 Å². The molecular formula is C23H32N6O2. The summed E-state index contributed by atoms with van der Waals surface area (Å²) in [5.74, 6) is -0.0917. The lowest BCUT2D eigenvalue weighted by Gasteiger charge is -2.34. The molecule has 1 aromatic carbocycles. The van der Waals surface area contributed by atoms with Crippen LogP contribution in [0.25, 0.3) is 0 Å². The van der Waals surface area contributed by atoms with Crippen molar-refractivity contribution < 1.29 is 9.59 Å². The number of nitrogens with one attached hydrogen (secondary N) is 3. The number of hydrazine groups is 2. The van der Waals surface area contributed by atoms with E-state index in [-0.39, 0.29) is 42.8 Å². The molecule has 0 spiro atoms. The number of hydrogen-bond donors (Lipinski definition) is 3. The second kappa shape index (κ2) is 8.16. The Labute approximate surface area is 183 Å². The fourth-order valence-corrected chi connectivity index (χ4v) is 5.19. The maximum absolute atomic E-state index is 12.9. The highest BCUT2D eigenvalue weighted by molar-refractivity contribution is 5.85. The molecule has 3 N–H and O–H groups in total. The van der Waals surface area contributed by atoms with Gasteiger partial charge in [0.05, 0.1) is 12.1 Å². The average molecular weight is 425 g/mol. The Kier molecular flexibility index (Phi) is 5.35. The zero-order chi connectivity index (χ0) is 21.5. The lowest BCUT2D eigenvalue weighted by Crippen LogP contribution is -2.54. The normalized spacial score (nSPS) is 28.1. The van der Waals surface area contributed by atoms with E-state index in [2.05, 4.69) is 53.2 Å². The van der Waals surface area contributed by atoms with Crippen molar-refractivity contribution in [2.75, 3.05) is 6.54 Å². The lowest BCUT2D eigenvalue weighted by atomic mass is 9.95. The summed E-state index contributed by atoms with van der Waals surface area (Å²) in [5.41, 5.74) is 10.7. The van der Waals surface area contributed by atoms with Crippen LogP contribution in [0.15, 0.2) is 30.6 Å². The number of benzene rings is 1. The van der Waals surface area contributed by atoms with Gasteiger partial charge in [-0.1, -0.05) is 37.5 Å². The molecule has 1 saturated carbocycles. The predicted molar refractivity (Wildman–Crippen MR) is 117 cm³/mol. The van der Waals surface area contributed by atoms with E-state index in [1.54, 1.807) is 11.1 Å². The van der Waals surface area contributed by atoms with Crippen LogP contribution in [0, 0.1) is 13.8 Å². The summed E-state index contributed by atoms with van der Waals surface area (Å²) in [4.78, 5) is 27.2. The maximum Gasteiger partial charge on any atom is 0.340 e. The van der Waals surface area contributed by atoms with Crippen LogP contribution in [0.4, 0.5) is 4.79 Å². The van der Waals surface area contributed by atoms with Gasteiger partial charge in [-0.05, 0) is 49.8 Å². The molecule has 31 heavy (non-hydrogen) atoms. The second-order valence-electron chi connectivity index (χ2n) is 9.29. The highest BCUT2D eigenvalue weighted by atomic mass is 16.2. The summed E-state index contributed by atoms with van der Waals surface area (Å²) in [6.07, 6.45) is 10.0. The molecule has 166 valence electrons. The summed E-state index contributed by atoms with van der Waals surface area (Å²) in [5, 5.41) is 6.65. The summed E-state index contributed by atoms with van der Waals surface area (Å²) in [6, 6.07) is 6.93. The number of nitrogens with zero attached hydrogens (tertiary/aromatic N) is 3. The zero-order valence-electron chi connectivity index (χ0n) is 18.3. The van der Waals surface area contributed by atoms with Gasteiger partial charge >= 0.3 is 6.03 Å². The van der Waals surface area contributed by atoms with Crippen molar-refractivity contribution in [2.45, 2.75) is 76.7 Å². The molecule has 5 rings (SSSR count). The molecule has 3 unspecified atom stereocenters. The van der Waals surface area contributed by atoms with Gasteiger partial charge in [-0.15, -0.1) is 0 Å². The van der Waals surface area contributed by atoms with Crippen molar-refractivity contribution in [3.63, 3.8) is 0 Å². The summed E-state index contributed by atoms with van der Waals surface area (Å²) in [6.45, 7) is 4.30. The van der Waals surface area contributed by atoms with E-state index in [9.17, 15) is 9.59 Å². The summed E-state index contributed by atoms with van der Waals surface area (Å²) in [7, 11) is 0. The van der Waals surface area contributed by atoms with Crippen molar-refractivity contribution in [2.24, 2.45) is 0 Å². The first-order valence-corrected chi connectivity index (χ1v) is 11.4. The molecule has 3 heterocycles. The molecule has 0 bridgehead atoms. The van der Waals surface area contributed by atoms with E-state index >= 15 is 0 Å². The van der Waals surface area contributed by atoms with Gasteiger partial charge in [0.1, 0.15) is 12.7 Å². The number of urea groups is 1. The van der Waals surface area contributed by atoms with Crippen LogP contribution in [0.1, 0.15) is 61.3 Å². The molecule has 2 saturated heterocycles. The van der Waals surface area contributed by atoms with E-state index in [1.165, 1.54) is 41.0 Å². The van der Waals surface area contributed by atoms with E-state index < -0.39 is 0 Å². The summed E-state index contributed by atoms with van der Waals surface area (Å²) < 4.78 is 0. The molecule has 1 aromatic rings. The smallest absolute Gasteiger partial charge is 0.340 e. The van der Waals surface area contributed by atoms with Crippen molar-refractivity contribution in [1.29, 1.82) is 0 Å². The van der Waals surface area contributed by atoms with Crippen LogP contribution in [-0.2, 0) is 4.79 Å². The fraction of sp³-hybridized carbons (Fsp3) is 0.565. The number of rotatable bonds is 4. The average Bonchev–Trinajstić information content (AvgIpc) is 3.32. The Morgan fingerprint density at radius 3 is 2.68 bits per heavy atom. The Balaban J connectivity index is 1.23. The monoisotopic (exact) mass is 424 g/mol. The van der Waals surface area contributed by atoms with Crippen molar-refractivity contribution >= 4 is 11.9 Å².